The number of carbonyl (C=O) groups excluding carboxylic acids is 1. The summed E-state index contributed by atoms with van der Waals surface area (Å²) in [5.74, 6) is 0.458. The fourth-order valence-corrected chi connectivity index (χ4v) is 3.32. The summed E-state index contributed by atoms with van der Waals surface area (Å²) in [6.45, 7) is 3.61. The van der Waals surface area contributed by atoms with Gasteiger partial charge in [-0.15, -0.1) is 0 Å². The molecule has 0 saturated heterocycles. The Morgan fingerprint density at radius 1 is 1.07 bits per heavy atom. The molecule has 2 aromatic carbocycles. The van der Waals surface area contributed by atoms with Gasteiger partial charge in [-0.25, -0.2) is 9.36 Å². The fourth-order valence-electron chi connectivity index (χ4n) is 3.32. The molecule has 2 heterocycles. The molecular weight excluding hydrogens is 368 g/mol. The number of carbonyl (C=O) groups is 1. The highest BCUT2D eigenvalue weighted by Gasteiger charge is 2.18. The van der Waals surface area contributed by atoms with E-state index in [4.69, 9.17) is 4.74 Å². The van der Waals surface area contributed by atoms with Crippen LogP contribution in [0.25, 0.3) is 16.6 Å². The van der Waals surface area contributed by atoms with Gasteiger partial charge in [0.15, 0.2) is 5.78 Å². The van der Waals surface area contributed by atoms with Gasteiger partial charge in [0.05, 0.1) is 24.7 Å². The number of fused-ring (bicyclic) bond motifs is 1. The second-order valence-electron chi connectivity index (χ2n) is 6.81. The van der Waals surface area contributed by atoms with Crippen LogP contribution in [0.4, 0.5) is 0 Å². The van der Waals surface area contributed by atoms with Gasteiger partial charge in [-0.3, -0.25) is 9.59 Å². The Labute approximate surface area is 167 Å². The van der Waals surface area contributed by atoms with Crippen molar-refractivity contribution in [2.45, 2.75) is 20.4 Å². The van der Waals surface area contributed by atoms with Crippen LogP contribution in [0.3, 0.4) is 0 Å². The lowest BCUT2D eigenvalue weighted by Gasteiger charge is -2.10. The molecule has 0 radical (unpaired) electrons. The zero-order valence-corrected chi connectivity index (χ0v) is 16.4. The molecule has 0 N–H and O–H groups in total. The van der Waals surface area contributed by atoms with E-state index < -0.39 is 0 Å². The first-order chi connectivity index (χ1) is 14.0. The second-order valence-corrected chi connectivity index (χ2v) is 6.81. The fraction of sp³-hybridized carbons (Fsp3) is 0.182. The monoisotopic (exact) mass is 388 g/mol. The smallest absolute Gasteiger partial charge is 0.293 e. The Bertz CT molecular complexity index is 1270. The van der Waals surface area contributed by atoms with Crippen molar-refractivity contribution in [3.8, 4) is 11.4 Å². The molecule has 0 amide bonds. The predicted octanol–water partition coefficient (Wildman–Crippen LogP) is 3.09. The average Bonchev–Trinajstić information content (AvgIpc) is 3.18. The standard InChI is InChI=1S/C22H20N4O3/c1-14-6-4-5-7-19(14)26-21-18(12-23-26)15(2)24-25(22(21)28)13-20(27)16-8-10-17(29-3)11-9-16/h4-12H,13H2,1-3H3. The summed E-state index contributed by atoms with van der Waals surface area (Å²) in [5.41, 5.74) is 3.00. The van der Waals surface area contributed by atoms with Gasteiger partial charge in [-0.1, -0.05) is 18.2 Å². The number of aromatic nitrogens is 4. The van der Waals surface area contributed by atoms with Gasteiger partial charge in [0.1, 0.15) is 17.8 Å². The number of hydrogen-bond donors (Lipinski definition) is 0. The molecule has 0 aliphatic rings. The summed E-state index contributed by atoms with van der Waals surface area (Å²) in [6.07, 6.45) is 1.64. The number of nitrogens with zero attached hydrogens (tertiary/aromatic N) is 4. The minimum atomic E-state index is -0.354. The number of rotatable bonds is 5. The van der Waals surface area contributed by atoms with E-state index in [1.165, 1.54) is 4.68 Å². The maximum Gasteiger partial charge on any atom is 0.293 e. The quantitative estimate of drug-likeness (QED) is 0.491. The number of ketones is 1. The van der Waals surface area contributed by atoms with E-state index >= 15 is 0 Å². The average molecular weight is 388 g/mol. The Morgan fingerprint density at radius 2 is 1.79 bits per heavy atom. The van der Waals surface area contributed by atoms with Crippen molar-refractivity contribution in [1.82, 2.24) is 19.6 Å². The van der Waals surface area contributed by atoms with Crippen molar-refractivity contribution >= 4 is 16.7 Å². The van der Waals surface area contributed by atoms with Gasteiger partial charge < -0.3 is 4.74 Å². The summed E-state index contributed by atoms with van der Waals surface area (Å²) in [4.78, 5) is 25.9. The maximum absolute atomic E-state index is 13.2. The highest BCUT2D eigenvalue weighted by atomic mass is 16.5. The molecule has 4 rings (SSSR count). The lowest BCUT2D eigenvalue weighted by atomic mass is 10.1. The second kappa shape index (κ2) is 7.35. The van der Waals surface area contributed by atoms with Gasteiger partial charge in [0.25, 0.3) is 5.56 Å². The van der Waals surface area contributed by atoms with Gasteiger partial charge in [0.2, 0.25) is 0 Å². The van der Waals surface area contributed by atoms with E-state index in [9.17, 15) is 9.59 Å². The lowest BCUT2D eigenvalue weighted by molar-refractivity contribution is 0.0965. The number of aryl methyl sites for hydroxylation is 2. The molecule has 0 fully saturated rings. The zero-order valence-electron chi connectivity index (χ0n) is 16.4. The molecule has 0 spiro atoms. The van der Waals surface area contributed by atoms with Crippen LogP contribution in [0.1, 0.15) is 21.6 Å². The largest absolute Gasteiger partial charge is 0.497 e. The minimum Gasteiger partial charge on any atom is -0.497 e. The maximum atomic E-state index is 13.2. The molecule has 0 unspecified atom stereocenters. The van der Waals surface area contributed by atoms with E-state index in [2.05, 4.69) is 10.2 Å². The Morgan fingerprint density at radius 3 is 2.48 bits per heavy atom. The molecule has 2 aromatic heterocycles. The van der Waals surface area contributed by atoms with E-state index in [0.29, 0.717) is 27.9 Å². The van der Waals surface area contributed by atoms with Crippen LogP contribution in [0.15, 0.2) is 59.5 Å². The van der Waals surface area contributed by atoms with Crippen LogP contribution < -0.4 is 10.3 Å². The lowest BCUT2D eigenvalue weighted by Crippen LogP contribution is -2.28. The molecule has 146 valence electrons. The normalized spacial score (nSPS) is 11.0. The van der Waals surface area contributed by atoms with Crippen LogP contribution in [0, 0.1) is 13.8 Å². The van der Waals surface area contributed by atoms with Crippen molar-refractivity contribution in [3.63, 3.8) is 0 Å². The van der Waals surface area contributed by atoms with Gasteiger partial charge in [0, 0.05) is 10.9 Å². The first kappa shape index (κ1) is 18.6. The molecule has 0 saturated carbocycles. The molecular formula is C22H20N4O3. The van der Waals surface area contributed by atoms with Crippen LogP contribution in [-0.4, -0.2) is 32.5 Å². The van der Waals surface area contributed by atoms with Crippen molar-refractivity contribution in [2.24, 2.45) is 0 Å². The van der Waals surface area contributed by atoms with Crippen LogP contribution in [-0.2, 0) is 6.54 Å². The van der Waals surface area contributed by atoms with Crippen molar-refractivity contribution in [1.29, 1.82) is 0 Å². The predicted molar refractivity (Wildman–Crippen MR) is 110 cm³/mol. The molecule has 0 aliphatic heterocycles. The zero-order chi connectivity index (χ0) is 20.5. The number of ether oxygens (including phenoxy) is 1. The summed E-state index contributed by atoms with van der Waals surface area (Å²) >= 11 is 0. The van der Waals surface area contributed by atoms with E-state index in [0.717, 1.165) is 11.3 Å². The van der Waals surface area contributed by atoms with Gasteiger partial charge >= 0.3 is 0 Å². The molecule has 29 heavy (non-hydrogen) atoms. The van der Waals surface area contributed by atoms with E-state index in [1.54, 1.807) is 49.2 Å². The Kier molecular flexibility index (Phi) is 4.72. The van der Waals surface area contributed by atoms with Crippen molar-refractivity contribution in [2.75, 3.05) is 7.11 Å². The summed E-state index contributed by atoms with van der Waals surface area (Å²) < 4.78 is 7.95. The van der Waals surface area contributed by atoms with Gasteiger partial charge in [-0.05, 0) is 49.7 Å². The highest BCUT2D eigenvalue weighted by molar-refractivity contribution is 5.96. The highest BCUT2D eigenvalue weighted by Crippen LogP contribution is 2.20. The van der Waals surface area contributed by atoms with E-state index in [1.807, 2.05) is 31.2 Å². The SMILES string of the molecule is COc1ccc(C(=O)Cn2nc(C)c3cnn(-c4ccccc4C)c3c2=O)cc1. The van der Waals surface area contributed by atoms with Gasteiger partial charge in [-0.2, -0.15) is 10.2 Å². The van der Waals surface area contributed by atoms with Crippen molar-refractivity contribution in [3.05, 3.63) is 81.9 Å². The third-order valence-electron chi connectivity index (χ3n) is 4.92. The van der Waals surface area contributed by atoms with Crippen molar-refractivity contribution < 1.29 is 9.53 Å². The Balaban J connectivity index is 1.78. The summed E-state index contributed by atoms with van der Waals surface area (Å²) in [5, 5.41) is 9.42. The summed E-state index contributed by atoms with van der Waals surface area (Å²) in [7, 11) is 1.57. The molecule has 4 aromatic rings. The molecule has 0 aliphatic carbocycles. The van der Waals surface area contributed by atoms with E-state index in [-0.39, 0.29) is 17.9 Å². The molecule has 0 atom stereocenters. The third kappa shape index (κ3) is 3.31. The molecule has 7 nitrogen and oxygen atoms in total. The van der Waals surface area contributed by atoms with Crippen LogP contribution in [0.2, 0.25) is 0 Å². The molecule has 0 bridgehead atoms. The number of hydrogen-bond acceptors (Lipinski definition) is 5. The first-order valence-electron chi connectivity index (χ1n) is 9.18. The van der Waals surface area contributed by atoms with Crippen LogP contribution in [0.5, 0.6) is 5.75 Å². The first-order valence-corrected chi connectivity index (χ1v) is 9.18. The topological polar surface area (TPSA) is 79.0 Å². The third-order valence-corrected chi connectivity index (χ3v) is 4.92. The Hall–Kier alpha value is -3.74. The number of para-hydroxylation sites is 1. The minimum absolute atomic E-state index is 0.152. The van der Waals surface area contributed by atoms with Crippen LogP contribution >= 0.6 is 0 Å². The number of Topliss-reactive ketones (excluding diaryl/α,β-unsaturated/α-hetero) is 1. The number of benzene rings is 2. The number of methoxy groups -OCH3 is 1. The summed E-state index contributed by atoms with van der Waals surface area (Å²) in [6, 6.07) is 14.5. The molecule has 7 heteroatoms.